The smallest absolute Gasteiger partial charge is 0.300 e. The summed E-state index contributed by atoms with van der Waals surface area (Å²) in [6.07, 6.45) is 0. The minimum absolute atomic E-state index is 0.0272. The van der Waals surface area contributed by atoms with Gasteiger partial charge in [-0.25, -0.2) is 0 Å². The Morgan fingerprint density at radius 2 is 1.62 bits per heavy atom. The zero-order chi connectivity index (χ0) is 23.7. The maximum absolute atomic E-state index is 13.2. The average Bonchev–Trinajstić information content (AvgIpc) is 3.47. The highest BCUT2D eigenvalue weighted by Gasteiger charge is 2.47. The van der Waals surface area contributed by atoms with E-state index >= 15 is 0 Å². The first-order valence-electron chi connectivity index (χ1n) is 10.5. The molecule has 0 spiro atoms. The number of hydrogen-bond donors (Lipinski definition) is 1. The number of carbonyl (C=O) groups is 2. The monoisotopic (exact) mass is 487 g/mol. The van der Waals surface area contributed by atoms with E-state index in [4.69, 9.17) is 16.3 Å². The first kappa shape index (κ1) is 21.9. The second kappa shape index (κ2) is 9.17. The van der Waals surface area contributed by atoms with Gasteiger partial charge in [-0.3, -0.25) is 14.5 Å². The van der Waals surface area contributed by atoms with Crippen LogP contribution in [0.1, 0.15) is 16.5 Å². The van der Waals surface area contributed by atoms with Crippen LogP contribution in [-0.4, -0.2) is 16.8 Å². The zero-order valence-electron chi connectivity index (χ0n) is 17.7. The number of Topliss-reactive ketones (excluding diaryl/α,β-unsaturated/α-hetero) is 1. The highest BCUT2D eigenvalue weighted by molar-refractivity contribution is 7.10. The minimum atomic E-state index is -0.764. The number of benzene rings is 3. The molecule has 1 saturated heterocycles. The van der Waals surface area contributed by atoms with Gasteiger partial charge in [0.05, 0.1) is 5.57 Å². The normalized spacial score (nSPS) is 17.2. The summed E-state index contributed by atoms with van der Waals surface area (Å²) >= 11 is 7.49. The molecule has 1 atom stereocenters. The van der Waals surface area contributed by atoms with Crippen molar-refractivity contribution in [3.8, 4) is 11.5 Å². The predicted octanol–water partition coefficient (Wildman–Crippen LogP) is 6.82. The van der Waals surface area contributed by atoms with Crippen LogP contribution in [0.2, 0.25) is 5.02 Å². The Morgan fingerprint density at radius 3 is 2.29 bits per heavy atom. The summed E-state index contributed by atoms with van der Waals surface area (Å²) in [4.78, 5) is 28.5. The van der Waals surface area contributed by atoms with E-state index < -0.39 is 17.7 Å². The summed E-state index contributed by atoms with van der Waals surface area (Å²) in [6.45, 7) is 0. The number of ketones is 1. The topological polar surface area (TPSA) is 66.8 Å². The Morgan fingerprint density at radius 1 is 0.882 bits per heavy atom. The molecule has 0 radical (unpaired) electrons. The van der Waals surface area contributed by atoms with E-state index in [1.165, 1.54) is 16.2 Å². The van der Waals surface area contributed by atoms with E-state index in [1.807, 2.05) is 47.8 Å². The van der Waals surface area contributed by atoms with Crippen LogP contribution >= 0.6 is 22.9 Å². The molecule has 0 bridgehead atoms. The number of aliphatic hydroxyl groups is 1. The number of para-hydroxylation sites is 1. The number of nitrogens with zero attached hydrogens (tertiary/aromatic N) is 1. The van der Waals surface area contributed by atoms with Crippen LogP contribution in [0.25, 0.3) is 5.76 Å². The summed E-state index contributed by atoms with van der Waals surface area (Å²) in [5.41, 5.74) is 0.920. The van der Waals surface area contributed by atoms with E-state index in [0.717, 1.165) is 4.88 Å². The third-order valence-corrected chi connectivity index (χ3v) is 6.61. The molecule has 5 nitrogen and oxygen atoms in total. The number of anilines is 1. The molecule has 0 saturated carbocycles. The summed E-state index contributed by atoms with van der Waals surface area (Å²) in [5, 5.41) is 13.4. The maximum Gasteiger partial charge on any atom is 0.300 e. The average molecular weight is 488 g/mol. The van der Waals surface area contributed by atoms with Crippen molar-refractivity contribution < 1.29 is 19.4 Å². The zero-order valence-corrected chi connectivity index (χ0v) is 19.3. The van der Waals surface area contributed by atoms with Gasteiger partial charge in [0.2, 0.25) is 0 Å². The SMILES string of the molecule is O=C1C(=O)N(c2ccc(Oc3ccccc3)cc2)C(c2cccs2)/C1=C(/O)c1cccc(Cl)c1. The van der Waals surface area contributed by atoms with Gasteiger partial charge in [-0.05, 0) is 60.0 Å². The summed E-state index contributed by atoms with van der Waals surface area (Å²) in [7, 11) is 0. The number of rotatable bonds is 5. The Kier molecular flexibility index (Phi) is 5.92. The van der Waals surface area contributed by atoms with Crippen molar-refractivity contribution in [2.75, 3.05) is 4.90 Å². The molecule has 1 aromatic heterocycles. The highest BCUT2D eigenvalue weighted by Crippen LogP contribution is 2.44. The molecule has 1 aliphatic rings. The highest BCUT2D eigenvalue weighted by atomic mass is 35.5. The van der Waals surface area contributed by atoms with E-state index in [1.54, 1.807) is 48.5 Å². The maximum atomic E-state index is 13.2. The number of ether oxygens (including phenoxy) is 1. The van der Waals surface area contributed by atoms with Gasteiger partial charge in [-0.15, -0.1) is 11.3 Å². The van der Waals surface area contributed by atoms with Crippen molar-refractivity contribution in [2.24, 2.45) is 0 Å². The number of hydrogen-bond acceptors (Lipinski definition) is 5. The van der Waals surface area contributed by atoms with Gasteiger partial charge in [0.15, 0.2) is 0 Å². The van der Waals surface area contributed by atoms with Gasteiger partial charge >= 0.3 is 0 Å². The van der Waals surface area contributed by atoms with Gasteiger partial charge in [0.1, 0.15) is 23.3 Å². The molecular formula is C27H18ClNO4S. The van der Waals surface area contributed by atoms with Crippen molar-refractivity contribution in [3.63, 3.8) is 0 Å². The van der Waals surface area contributed by atoms with E-state index in [2.05, 4.69) is 0 Å². The second-order valence-corrected chi connectivity index (χ2v) is 9.02. The fourth-order valence-corrected chi connectivity index (χ4v) is 4.92. The van der Waals surface area contributed by atoms with Crippen molar-refractivity contribution >= 4 is 46.1 Å². The fourth-order valence-electron chi connectivity index (χ4n) is 3.91. The van der Waals surface area contributed by atoms with Gasteiger partial charge in [-0.1, -0.05) is 48.0 Å². The minimum Gasteiger partial charge on any atom is -0.507 e. The second-order valence-electron chi connectivity index (χ2n) is 7.60. The third kappa shape index (κ3) is 4.09. The molecule has 4 aromatic rings. The molecule has 168 valence electrons. The van der Waals surface area contributed by atoms with Gasteiger partial charge in [0, 0.05) is 21.2 Å². The summed E-state index contributed by atoms with van der Waals surface area (Å²) in [5.74, 6) is -0.432. The molecular weight excluding hydrogens is 470 g/mol. The Hall–Kier alpha value is -3.87. The number of amides is 1. The Balaban J connectivity index is 1.56. The van der Waals surface area contributed by atoms with Crippen LogP contribution in [0.3, 0.4) is 0 Å². The predicted molar refractivity (Wildman–Crippen MR) is 134 cm³/mol. The standard InChI is InChI=1S/C27H18ClNO4S/c28-18-7-4-6-17(16-18)25(30)23-24(22-10-5-15-34-22)29(27(32)26(23)31)19-11-13-21(14-12-19)33-20-8-2-1-3-9-20/h1-16,24,30H/b25-23-. The van der Waals surface area contributed by atoms with Crippen LogP contribution in [-0.2, 0) is 9.59 Å². The molecule has 2 heterocycles. The van der Waals surface area contributed by atoms with Crippen LogP contribution in [0.5, 0.6) is 11.5 Å². The van der Waals surface area contributed by atoms with Crippen LogP contribution < -0.4 is 9.64 Å². The number of halogens is 1. The Labute approximate surface area is 205 Å². The molecule has 1 amide bonds. The number of aliphatic hydroxyl groups excluding tert-OH is 1. The van der Waals surface area contributed by atoms with Gasteiger partial charge < -0.3 is 9.84 Å². The van der Waals surface area contributed by atoms with E-state index in [-0.39, 0.29) is 11.3 Å². The molecule has 1 unspecified atom stereocenters. The van der Waals surface area contributed by atoms with Crippen molar-refractivity contribution in [1.29, 1.82) is 0 Å². The largest absolute Gasteiger partial charge is 0.507 e. The van der Waals surface area contributed by atoms with Crippen LogP contribution in [0.4, 0.5) is 5.69 Å². The first-order valence-corrected chi connectivity index (χ1v) is 11.7. The van der Waals surface area contributed by atoms with Crippen molar-refractivity contribution in [2.45, 2.75) is 6.04 Å². The van der Waals surface area contributed by atoms with E-state index in [9.17, 15) is 14.7 Å². The lowest BCUT2D eigenvalue weighted by atomic mass is 10.00. The van der Waals surface area contributed by atoms with Crippen molar-refractivity contribution in [1.82, 2.24) is 0 Å². The quantitative estimate of drug-likeness (QED) is 0.190. The van der Waals surface area contributed by atoms with Crippen LogP contribution in [0, 0.1) is 0 Å². The van der Waals surface area contributed by atoms with Gasteiger partial charge in [0.25, 0.3) is 11.7 Å². The summed E-state index contributed by atoms with van der Waals surface area (Å²) in [6, 6.07) is 25.8. The van der Waals surface area contributed by atoms with Gasteiger partial charge in [-0.2, -0.15) is 0 Å². The lowest BCUT2D eigenvalue weighted by Gasteiger charge is -2.24. The Bertz CT molecular complexity index is 1380. The third-order valence-electron chi connectivity index (χ3n) is 5.45. The lowest BCUT2D eigenvalue weighted by Crippen LogP contribution is -2.29. The molecule has 7 heteroatoms. The fraction of sp³-hybridized carbons (Fsp3) is 0.0370. The summed E-state index contributed by atoms with van der Waals surface area (Å²) < 4.78 is 5.84. The molecule has 1 aliphatic heterocycles. The molecule has 5 rings (SSSR count). The molecule has 1 fully saturated rings. The number of thiophene rings is 1. The van der Waals surface area contributed by atoms with Crippen molar-refractivity contribution in [3.05, 3.63) is 117 Å². The lowest BCUT2D eigenvalue weighted by molar-refractivity contribution is -0.132. The molecule has 34 heavy (non-hydrogen) atoms. The van der Waals surface area contributed by atoms with E-state index in [0.29, 0.717) is 27.8 Å². The molecule has 1 N–H and O–H groups in total. The molecule has 3 aromatic carbocycles. The number of carbonyl (C=O) groups excluding carboxylic acids is 2. The van der Waals surface area contributed by atoms with Crippen LogP contribution in [0.15, 0.2) is 102 Å². The molecule has 0 aliphatic carbocycles. The first-order chi connectivity index (χ1) is 16.5.